The van der Waals surface area contributed by atoms with Crippen LogP contribution >= 0.6 is 0 Å². The summed E-state index contributed by atoms with van der Waals surface area (Å²) in [5, 5.41) is 22.8. The molecule has 2 unspecified atom stereocenters. The van der Waals surface area contributed by atoms with Crippen molar-refractivity contribution < 1.29 is 15.0 Å². The number of carbonyl (C=O) groups excluding carboxylic acids is 1. The molecule has 41 heavy (non-hydrogen) atoms. The highest BCUT2D eigenvalue weighted by Crippen LogP contribution is 2.09. The second kappa shape index (κ2) is 32.6. The highest BCUT2D eigenvalue weighted by molar-refractivity contribution is 5.76. The number of carbonyl (C=O) groups is 1. The normalized spacial score (nSPS) is 14.0. The van der Waals surface area contributed by atoms with E-state index in [9.17, 15) is 15.0 Å². The minimum Gasteiger partial charge on any atom is -0.394 e. The predicted molar refractivity (Wildman–Crippen MR) is 179 cm³/mol. The standard InChI is InChI=1S/C37H65NO3/c1-3-5-7-9-11-13-15-17-19-20-22-24-26-28-30-32-36(40)35(34-39)38-37(41)33-31-29-27-25-23-21-18-16-14-12-10-8-6-4-2/h10,12,15-18,22,24,30,32,35-36,39-40H,3-9,11,13-14,19-21,23,25-29,31,33-34H2,1-2H3,(H,38,41)/b12-10-,17-15+,18-16-,24-22+,32-30+. The first-order valence-corrected chi connectivity index (χ1v) is 17.0. The number of aliphatic hydroxyl groups is 2. The van der Waals surface area contributed by atoms with E-state index in [4.69, 9.17) is 0 Å². The Morgan fingerprint density at radius 2 is 1.05 bits per heavy atom. The molecule has 0 aromatic rings. The van der Waals surface area contributed by atoms with E-state index in [1.165, 1.54) is 70.6 Å². The van der Waals surface area contributed by atoms with Crippen LogP contribution in [0.25, 0.3) is 0 Å². The van der Waals surface area contributed by atoms with Gasteiger partial charge in [-0.2, -0.15) is 0 Å². The molecule has 0 aliphatic carbocycles. The minimum atomic E-state index is -0.875. The van der Waals surface area contributed by atoms with Crippen molar-refractivity contribution in [3.05, 3.63) is 60.8 Å². The van der Waals surface area contributed by atoms with Crippen LogP contribution in [-0.2, 0) is 4.79 Å². The number of amides is 1. The molecule has 1 amide bonds. The number of allylic oxidation sites excluding steroid dienone is 9. The van der Waals surface area contributed by atoms with Crippen LogP contribution in [0.15, 0.2) is 60.8 Å². The molecule has 0 fully saturated rings. The molecule has 0 aromatic carbocycles. The fourth-order valence-electron chi connectivity index (χ4n) is 4.52. The van der Waals surface area contributed by atoms with Crippen molar-refractivity contribution in [1.29, 1.82) is 0 Å². The largest absolute Gasteiger partial charge is 0.394 e. The Hall–Kier alpha value is -1.91. The summed E-state index contributed by atoms with van der Waals surface area (Å²) >= 11 is 0. The zero-order chi connectivity index (χ0) is 30.1. The molecular formula is C37H65NO3. The Bertz CT molecular complexity index is 707. The van der Waals surface area contributed by atoms with Crippen LogP contribution in [0.1, 0.15) is 149 Å². The van der Waals surface area contributed by atoms with E-state index in [0.29, 0.717) is 6.42 Å². The van der Waals surface area contributed by atoms with E-state index < -0.39 is 12.1 Å². The van der Waals surface area contributed by atoms with Gasteiger partial charge in [-0.1, -0.05) is 132 Å². The molecule has 0 spiro atoms. The van der Waals surface area contributed by atoms with Gasteiger partial charge in [0, 0.05) is 6.42 Å². The molecule has 4 heteroatoms. The van der Waals surface area contributed by atoms with E-state index in [2.05, 4.69) is 67.8 Å². The summed E-state index contributed by atoms with van der Waals surface area (Å²) in [5.74, 6) is -0.0973. The Morgan fingerprint density at radius 1 is 0.585 bits per heavy atom. The first-order chi connectivity index (χ1) is 20.2. The van der Waals surface area contributed by atoms with Crippen LogP contribution in [0.3, 0.4) is 0 Å². The average molecular weight is 572 g/mol. The molecule has 2 atom stereocenters. The van der Waals surface area contributed by atoms with Crippen LogP contribution in [0.5, 0.6) is 0 Å². The van der Waals surface area contributed by atoms with E-state index in [0.717, 1.165) is 57.8 Å². The second-order valence-corrected chi connectivity index (χ2v) is 11.2. The third-order valence-corrected chi connectivity index (χ3v) is 7.20. The molecular weight excluding hydrogens is 506 g/mol. The summed E-state index contributed by atoms with van der Waals surface area (Å²) < 4.78 is 0. The van der Waals surface area contributed by atoms with Gasteiger partial charge in [0.2, 0.25) is 5.91 Å². The highest BCUT2D eigenvalue weighted by atomic mass is 16.3. The van der Waals surface area contributed by atoms with Crippen molar-refractivity contribution in [1.82, 2.24) is 5.32 Å². The molecule has 0 saturated carbocycles. The van der Waals surface area contributed by atoms with Gasteiger partial charge in [0.1, 0.15) is 0 Å². The fourth-order valence-corrected chi connectivity index (χ4v) is 4.52. The van der Waals surface area contributed by atoms with Crippen molar-refractivity contribution in [3.63, 3.8) is 0 Å². The van der Waals surface area contributed by atoms with E-state index in [1.54, 1.807) is 6.08 Å². The molecule has 0 aliphatic rings. The van der Waals surface area contributed by atoms with Gasteiger partial charge in [-0.25, -0.2) is 0 Å². The van der Waals surface area contributed by atoms with E-state index >= 15 is 0 Å². The number of aliphatic hydroxyl groups excluding tert-OH is 2. The SMILES string of the molecule is CCCC/C=C\C/C=C\CCCCCCCC(=O)NC(CO)C(O)/C=C/CC/C=C/CC/C=C/CCCCCCC. The maximum absolute atomic E-state index is 12.3. The van der Waals surface area contributed by atoms with Gasteiger partial charge in [0.25, 0.3) is 0 Å². The Morgan fingerprint density at radius 3 is 1.63 bits per heavy atom. The van der Waals surface area contributed by atoms with Gasteiger partial charge in [-0.15, -0.1) is 0 Å². The first kappa shape index (κ1) is 39.1. The van der Waals surface area contributed by atoms with E-state index in [-0.39, 0.29) is 12.5 Å². The summed E-state index contributed by atoms with van der Waals surface area (Å²) in [6, 6.07) is -0.652. The van der Waals surface area contributed by atoms with Crippen molar-refractivity contribution in [2.24, 2.45) is 0 Å². The molecule has 0 rings (SSSR count). The molecule has 0 radical (unpaired) electrons. The lowest BCUT2D eigenvalue weighted by molar-refractivity contribution is -0.123. The zero-order valence-electron chi connectivity index (χ0n) is 26.8. The van der Waals surface area contributed by atoms with Gasteiger partial charge in [-0.3, -0.25) is 4.79 Å². The molecule has 0 aliphatic heterocycles. The number of nitrogens with one attached hydrogen (secondary N) is 1. The summed E-state index contributed by atoms with van der Waals surface area (Å²) in [6.07, 6.45) is 44.3. The number of rotatable bonds is 29. The molecule has 0 saturated heterocycles. The Kier molecular flexibility index (Phi) is 31.1. The third kappa shape index (κ3) is 29.4. The minimum absolute atomic E-state index is 0.0973. The monoisotopic (exact) mass is 571 g/mol. The quantitative estimate of drug-likeness (QED) is 0.0618. The zero-order valence-corrected chi connectivity index (χ0v) is 26.8. The van der Waals surface area contributed by atoms with Crippen LogP contribution in [0, 0.1) is 0 Å². The van der Waals surface area contributed by atoms with Crippen molar-refractivity contribution in [2.45, 2.75) is 161 Å². The molecule has 236 valence electrons. The predicted octanol–water partition coefficient (Wildman–Crippen LogP) is 9.84. The van der Waals surface area contributed by atoms with Gasteiger partial charge in [0.15, 0.2) is 0 Å². The summed E-state index contributed by atoms with van der Waals surface area (Å²) in [6.45, 7) is 4.20. The smallest absolute Gasteiger partial charge is 0.220 e. The second-order valence-electron chi connectivity index (χ2n) is 11.2. The van der Waals surface area contributed by atoms with Crippen LogP contribution in [-0.4, -0.2) is 34.9 Å². The van der Waals surface area contributed by atoms with Gasteiger partial charge >= 0.3 is 0 Å². The number of unbranched alkanes of at least 4 members (excludes halogenated alkanes) is 14. The Labute approximate surface area is 254 Å². The number of hydrogen-bond acceptors (Lipinski definition) is 3. The van der Waals surface area contributed by atoms with E-state index in [1.807, 2.05) is 6.08 Å². The molecule has 3 N–H and O–H groups in total. The molecule has 0 heterocycles. The van der Waals surface area contributed by atoms with Crippen LogP contribution < -0.4 is 5.32 Å². The molecule has 4 nitrogen and oxygen atoms in total. The fraction of sp³-hybridized carbons (Fsp3) is 0.703. The van der Waals surface area contributed by atoms with Gasteiger partial charge < -0.3 is 15.5 Å². The molecule has 0 bridgehead atoms. The first-order valence-electron chi connectivity index (χ1n) is 17.0. The topological polar surface area (TPSA) is 69.6 Å². The number of hydrogen-bond donors (Lipinski definition) is 3. The van der Waals surface area contributed by atoms with Crippen molar-refractivity contribution >= 4 is 5.91 Å². The summed E-state index contributed by atoms with van der Waals surface area (Å²) in [4.78, 5) is 12.3. The third-order valence-electron chi connectivity index (χ3n) is 7.20. The highest BCUT2D eigenvalue weighted by Gasteiger charge is 2.17. The van der Waals surface area contributed by atoms with Gasteiger partial charge in [0.05, 0.1) is 18.8 Å². The average Bonchev–Trinajstić information content (AvgIpc) is 2.97. The van der Waals surface area contributed by atoms with Crippen LogP contribution in [0.4, 0.5) is 0 Å². The summed E-state index contributed by atoms with van der Waals surface area (Å²) in [7, 11) is 0. The summed E-state index contributed by atoms with van der Waals surface area (Å²) in [5.41, 5.74) is 0. The maximum atomic E-state index is 12.3. The van der Waals surface area contributed by atoms with Crippen molar-refractivity contribution in [2.75, 3.05) is 6.61 Å². The lowest BCUT2D eigenvalue weighted by Gasteiger charge is -2.19. The molecule has 0 aromatic heterocycles. The lowest BCUT2D eigenvalue weighted by atomic mass is 10.1. The van der Waals surface area contributed by atoms with Gasteiger partial charge in [-0.05, 0) is 70.6 Å². The maximum Gasteiger partial charge on any atom is 0.220 e. The Balaban J connectivity index is 3.79. The van der Waals surface area contributed by atoms with Crippen LogP contribution in [0.2, 0.25) is 0 Å². The van der Waals surface area contributed by atoms with Crippen molar-refractivity contribution in [3.8, 4) is 0 Å². The lowest BCUT2D eigenvalue weighted by Crippen LogP contribution is -2.45.